The minimum atomic E-state index is -3.44. The first-order valence-corrected chi connectivity index (χ1v) is 14.3. The van der Waals surface area contributed by atoms with Gasteiger partial charge in [0.1, 0.15) is 19.3 Å². The monoisotopic (exact) mass is 542 g/mol. The maximum Gasteiger partial charge on any atom is 0.414 e. The molecule has 0 spiro atoms. The van der Waals surface area contributed by atoms with Crippen molar-refractivity contribution in [3.8, 4) is 17.4 Å². The minimum Gasteiger partial charge on any atom is -0.486 e. The first-order valence-electron chi connectivity index (χ1n) is 12.4. The minimum absolute atomic E-state index is 0.346. The molecular formula is C26H30N4O7S. The second kappa shape index (κ2) is 11.0. The van der Waals surface area contributed by atoms with E-state index in [0.717, 1.165) is 22.9 Å². The largest absolute Gasteiger partial charge is 0.486 e. The smallest absolute Gasteiger partial charge is 0.414 e. The van der Waals surface area contributed by atoms with Crippen molar-refractivity contribution < 1.29 is 32.2 Å². The number of carbonyl (C=O) groups is 1. The van der Waals surface area contributed by atoms with E-state index in [4.69, 9.17) is 18.9 Å². The Bertz CT molecular complexity index is 1430. The van der Waals surface area contributed by atoms with Crippen molar-refractivity contribution in [1.82, 2.24) is 14.7 Å². The Balaban J connectivity index is 1.24. The SMILES string of the molecule is COc1ccc2nccc(CC[C@@H](CCC3CN(c4ccc5c(c4)OCCO5)C(=O)O3)NS(C)(=O)=O)c2n1. The Morgan fingerprint density at radius 2 is 1.95 bits per heavy atom. The summed E-state index contributed by atoms with van der Waals surface area (Å²) < 4.78 is 48.9. The predicted octanol–water partition coefficient (Wildman–Crippen LogP) is 3.07. The fraction of sp³-hybridized carbons (Fsp3) is 0.423. The first kappa shape index (κ1) is 26.0. The maximum absolute atomic E-state index is 12.6. The van der Waals surface area contributed by atoms with Gasteiger partial charge in [0.25, 0.3) is 0 Å². The number of nitrogens with zero attached hydrogens (tertiary/aromatic N) is 3. The normalized spacial score (nSPS) is 17.9. The average Bonchev–Trinajstić information content (AvgIpc) is 3.29. The van der Waals surface area contributed by atoms with Gasteiger partial charge in [-0.1, -0.05) is 0 Å². The van der Waals surface area contributed by atoms with Crippen molar-refractivity contribution in [2.75, 3.05) is 38.0 Å². The quantitative estimate of drug-likeness (QED) is 0.411. The number of sulfonamides is 1. The molecule has 2 aliphatic rings. The fourth-order valence-corrected chi connectivity index (χ4v) is 5.58. The van der Waals surface area contributed by atoms with Crippen LogP contribution >= 0.6 is 0 Å². The van der Waals surface area contributed by atoms with E-state index in [1.165, 1.54) is 0 Å². The highest BCUT2D eigenvalue weighted by Gasteiger charge is 2.33. The number of fused-ring (bicyclic) bond motifs is 2. The Labute approximate surface area is 221 Å². The Morgan fingerprint density at radius 3 is 2.74 bits per heavy atom. The molecule has 0 radical (unpaired) electrons. The number of aryl methyl sites for hydroxylation is 1. The Morgan fingerprint density at radius 1 is 1.13 bits per heavy atom. The van der Waals surface area contributed by atoms with Gasteiger partial charge >= 0.3 is 6.09 Å². The van der Waals surface area contributed by atoms with E-state index in [1.807, 2.05) is 12.1 Å². The van der Waals surface area contributed by atoms with E-state index < -0.39 is 16.1 Å². The highest BCUT2D eigenvalue weighted by atomic mass is 32.2. The number of methoxy groups -OCH3 is 1. The lowest BCUT2D eigenvalue weighted by molar-refractivity contribution is 0.133. The second-order valence-corrected chi connectivity index (χ2v) is 11.1. The molecule has 38 heavy (non-hydrogen) atoms. The molecule has 1 amide bonds. The molecule has 3 aromatic rings. The molecule has 1 unspecified atom stereocenters. The summed E-state index contributed by atoms with van der Waals surface area (Å²) in [4.78, 5) is 23.1. The molecule has 202 valence electrons. The average molecular weight is 543 g/mol. The molecule has 1 fully saturated rings. The molecule has 2 aliphatic heterocycles. The third-order valence-corrected chi connectivity index (χ3v) is 7.30. The number of pyridine rings is 2. The zero-order valence-corrected chi connectivity index (χ0v) is 22.1. The molecule has 5 rings (SSSR count). The third-order valence-electron chi connectivity index (χ3n) is 6.54. The van der Waals surface area contributed by atoms with Crippen LogP contribution in [0.4, 0.5) is 10.5 Å². The number of carbonyl (C=O) groups excluding carboxylic acids is 1. The highest BCUT2D eigenvalue weighted by molar-refractivity contribution is 7.88. The topological polar surface area (TPSA) is 129 Å². The number of anilines is 1. The summed E-state index contributed by atoms with van der Waals surface area (Å²) in [7, 11) is -1.89. The number of amides is 1. The van der Waals surface area contributed by atoms with Crippen molar-refractivity contribution in [2.45, 2.75) is 37.8 Å². The predicted molar refractivity (Wildman–Crippen MR) is 140 cm³/mol. The molecule has 1 N–H and O–H groups in total. The van der Waals surface area contributed by atoms with E-state index >= 15 is 0 Å². The lowest BCUT2D eigenvalue weighted by atomic mass is 10.0. The van der Waals surface area contributed by atoms with Gasteiger partial charge in [0.15, 0.2) is 11.5 Å². The van der Waals surface area contributed by atoms with Gasteiger partial charge in [0, 0.05) is 24.4 Å². The molecule has 1 aromatic carbocycles. The van der Waals surface area contributed by atoms with Gasteiger partial charge in [-0.3, -0.25) is 9.88 Å². The fourth-order valence-electron chi connectivity index (χ4n) is 4.74. The van der Waals surface area contributed by atoms with Gasteiger partial charge in [0.05, 0.1) is 36.6 Å². The van der Waals surface area contributed by atoms with Gasteiger partial charge in [0.2, 0.25) is 15.9 Å². The lowest BCUT2D eigenvalue weighted by Gasteiger charge is -2.21. The number of ether oxygens (including phenoxy) is 4. The molecule has 12 heteroatoms. The van der Waals surface area contributed by atoms with Crippen LogP contribution in [0.1, 0.15) is 24.8 Å². The number of nitrogens with one attached hydrogen (secondary N) is 1. The van der Waals surface area contributed by atoms with Crippen molar-refractivity contribution >= 4 is 32.8 Å². The van der Waals surface area contributed by atoms with Crippen LogP contribution in [0.5, 0.6) is 17.4 Å². The van der Waals surface area contributed by atoms with Crippen molar-refractivity contribution in [3.05, 3.63) is 48.2 Å². The molecule has 0 saturated carbocycles. The molecule has 2 aromatic heterocycles. The van der Waals surface area contributed by atoms with Gasteiger partial charge in [-0.2, -0.15) is 0 Å². The van der Waals surface area contributed by atoms with E-state index in [0.29, 0.717) is 68.5 Å². The molecule has 2 atom stereocenters. The molecule has 0 bridgehead atoms. The van der Waals surface area contributed by atoms with Crippen LogP contribution in [-0.2, 0) is 21.2 Å². The third kappa shape index (κ3) is 6.08. The van der Waals surface area contributed by atoms with Crippen molar-refractivity contribution in [2.24, 2.45) is 0 Å². The second-order valence-electron chi connectivity index (χ2n) is 9.34. The van der Waals surface area contributed by atoms with Crippen LogP contribution in [-0.4, -0.2) is 69.7 Å². The van der Waals surface area contributed by atoms with Crippen LogP contribution in [0.15, 0.2) is 42.6 Å². The standard InChI is InChI=1S/C26H30N4O7S/c1-34-24-10-8-21-25(28-24)17(11-12-27-21)3-4-18(29-38(2,32)33)5-7-20-16-30(26(31)37-20)19-6-9-22-23(15-19)36-14-13-35-22/h6,8-12,15,18,20,29H,3-5,7,13-14,16H2,1-2H3/t18-,20?/m0/s1. The summed E-state index contributed by atoms with van der Waals surface area (Å²) in [6.07, 6.45) is 4.18. The maximum atomic E-state index is 12.6. The summed E-state index contributed by atoms with van der Waals surface area (Å²) in [6.45, 7) is 1.31. The van der Waals surface area contributed by atoms with Crippen LogP contribution in [0, 0.1) is 0 Å². The summed E-state index contributed by atoms with van der Waals surface area (Å²) in [6, 6.07) is 10.5. The van der Waals surface area contributed by atoms with Gasteiger partial charge in [-0.15, -0.1) is 0 Å². The summed E-state index contributed by atoms with van der Waals surface area (Å²) in [5, 5.41) is 0. The molecule has 11 nitrogen and oxygen atoms in total. The number of aromatic nitrogens is 2. The van der Waals surface area contributed by atoms with E-state index in [9.17, 15) is 13.2 Å². The van der Waals surface area contributed by atoms with Crippen LogP contribution in [0.3, 0.4) is 0 Å². The number of hydrogen-bond acceptors (Lipinski definition) is 9. The first-order chi connectivity index (χ1) is 18.3. The van der Waals surface area contributed by atoms with Crippen molar-refractivity contribution in [1.29, 1.82) is 0 Å². The zero-order chi connectivity index (χ0) is 26.7. The number of benzene rings is 1. The highest BCUT2D eigenvalue weighted by Crippen LogP contribution is 2.35. The van der Waals surface area contributed by atoms with E-state index in [1.54, 1.807) is 42.5 Å². The van der Waals surface area contributed by atoms with Crippen LogP contribution in [0.2, 0.25) is 0 Å². The van der Waals surface area contributed by atoms with Gasteiger partial charge < -0.3 is 18.9 Å². The molecule has 4 heterocycles. The van der Waals surface area contributed by atoms with Gasteiger partial charge in [-0.25, -0.2) is 22.9 Å². The van der Waals surface area contributed by atoms with Crippen molar-refractivity contribution in [3.63, 3.8) is 0 Å². The zero-order valence-electron chi connectivity index (χ0n) is 21.3. The Hall–Kier alpha value is -3.64. The molecule has 1 saturated heterocycles. The van der Waals surface area contributed by atoms with E-state index in [-0.39, 0.29) is 12.1 Å². The summed E-state index contributed by atoms with van der Waals surface area (Å²) >= 11 is 0. The van der Waals surface area contributed by atoms with Crippen LogP contribution in [0.25, 0.3) is 11.0 Å². The van der Waals surface area contributed by atoms with E-state index in [2.05, 4.69) is 14.7 Å². The van der Waals surface area contributed by atoms with Gasteiger partial charge in [-0.05, 0) is 55.5 Å². The number of cyclic esters (lactones) is 1. The molecule has 0 aliphatic carbocycles. The summed E-state index contributed by atoms with van der Waals surface area (Å²) in [5.41, 5.74) is 3.09. The number of rotatable bonds is 10. The lowest BCUT2D eigenvalue weighted by Crippen LogP contribution is -2.35. The Kier molecular flexibility index (Phi) is 7.52. The summed E-state index contributed by atoms with van der Waals surface area (Å²) in [5.74, 6) is 1.73. The van der Waals surface area contributed by atoms with Crippen LogP contribution < -0.4 is 23.8 Å². The number of hydrogen-bond donors (Lipinski definition) is 1. The molecular weight excluding hydrogens is 512 g/mol.